The summed E-state index contributed by atoms with van der Waals surface area (Å²) < 4.78 is 5.28. The van der Waals surface area contributed by atoms with E-state index in [4.69, 9.17) is 4.42 Å². The maximum Gasteiger partial charge on any atom is 0.272 e. The number of oxazole rings is 1. The first-order valence-electron chi connectivity index (χ1n) is 8.55. The second kappa shape index (κ2) is 6.95. The molecule has 1 aromatic carbocycles. The molecule has 132 valence electrons. The maximum atomic E-state index is 12.8. The molecule has 2 aromatic heterocycles. The summed E-state index contributed by atoms with van der Waals surface area (Å²) in [6.07, 6.45) is 3.71. The molecule has 2 amide bonds. The number of carbonyl (C=O) groups is 2. The van der Waals surface area contributed by atoms with Gasteiger partial charge in [0, 0.05) is 37.9 Å². The lowest BCUT2D eigenvalue weighted by molar-refractivity contribution is 0.0716. The molecule has 0 aliphatic carbocycles. The first kappa shape index (κ1) is 16.3. The number of carbonyl (C=O) groups excluding carboxylic acids is 2. The van der Waals surface area contributed by atoms with Gasteiger partial charge in [-0.1, -0.05) is 6.07 Å². The molecule has 1 saturated heterocycles. The minimum Gasteiger partial charge on any atom is -0.443 e. The van der Waals surface area contributed by atoms with Crippen LogP contribution in [0.3, 0.4) is 0 Å². The van der Waals surface area contributed by atoms with Crippen LogP contribution in [0.5, 0.6) is 0 Å². The monoisotopic (exact) mass is 350 g/mol. The third kappa shape index (κ3) is 3.15. The van der Waals surface area contributed by atoms with E-state index in [2.05, 4.69) is 9.97 Å². The highest BCUT2D eigenvalue weighted by atomic mass is 16.3. The van der Waals surface area contributed by atoms with Gasteiger partial charge in [-0.3, -0.25) is 14.6 Å². The zero-order valence-corrected chi connectivity index (χ0v) is 14.2. The molecule has 0 radical (unpaired) electrons. The van der Waals surface area contributed by atoms with E-state index in [1.165, 1.54) is 6.39 Å². The third-order valence-corrected chi connectivity index (χ3v) is 4.53. The highest BCUT2D eigenvalue weighted by Crippen LogP contribution is 2.17. The minimum absolute atomic E-state index is 0.0598. The zero-order valence-electron chi connectivity index (χ0n) is 14.2. The van der Waals surface area contributed by atoms with Crippen molar-refractivity contribution >= 4 is 22.9 Å². The van der Waals surface area contributed by atoms with E-state index >= 15 is 0 Å². The molecular weight excluding hydrogens is 332 g/mol. The van der Waals surface area contributed by atoms with Crippen LogP contribution in [0.2, 0.25) is 0 Å². The van der Waals surface area contributed by atoms with Crippen molar-refractivity contribution in [2.75, 3.05) is 26.2 Å². The zero-order chi connectivity index (χ0) is 17.9. The Bertz CT molecular complexity index is 938. The van der Waals surface area contributed by atoms with Crippen molar-refractivity contribution in [3.8, 4) is 0 Å². The minimum atomic E-state index is -0.0945. The van der Waals surface area contributed by atoms with Crippen LogP contribution in [0.4, 0.5) is 0 Å². The van der Waals surface area contributed by atoms with E-state index in [1.54, 1.807) is 52.4 Å². The number of aromatic nitrogens is 2. The normalized spacial score (nSPS) is 15.1. The van der Waals surface area contributed by atoms with Crippen LogP contribution in [0, 0.1) is 0 Å². The lowest BCUT2D eigenvalue weighted by Gasteiger charge is -2.22. The molecule has 1 fully saturated rings. The fourth-order valence-electron chi connectivity index (χ4n) is 3.15. The lowest BCUT2D eigenvalue weighted by Crippen LogP contribution is -2.37. The Hall–Kier alpha value is -3.22. The van der Waals surface area contributed by atoms with Gasteiger partial charge in [0.1, 0.15) is 11.2 Å². The summed E-state index contributed by atoms with van der Waals surface area (Å²) in [6.45, 7) is 2.21. The van der Waals surface area contributed by atoms with Gasteiger partial charge in [-0.15, -0.1) is 0 Å². The van der Waals surface area contributed by atoms with Crippen LogP contribution in [0.15, 0.2) is 53.4 Å². The molecule has 7 heteroatoms. The quantitative estimate of drug-likeness (QED) is 0.708. The summed E-state index contributed by atoms with van der Waals surface area (Å²) in [7, 11) is 0. The van der Waals surface area contributed by atoms with E-state index in [0.29, 0.717) is 43.0 Å². The standard InChI is InChI=1S/C19H18N4O3/c24-18(14-5-6-15-17(12-14)26-13-21-15)22-8-3-9-23(11-10-22)19(25)16-4-1-2-7-20-16/h1-2,4-7,12-13H,3,8-11H2. The van der Waals surface area contributed by atoms with Crippen molar-refractivity contribution in [3.63, 3.8) is 0 Å². The predicted octanol–water partition coefficient (Wildman–Crippen LogP) is 2.21. The van der Waals surface area contributed by atoms with Crippen molar-refractivity contribution in [1.82, 2.24) is 19.8 Å². The average Bonchev–Trinajstić information content (AvgIpc) is 3.02. The molecular formula is C19H18N4O3. The van der Waals surface area contributed by atoms with Crippen LogP contribution in [-0.4, -0.2) is 57.8 Å². The van der Waals surface area contributed by atoms with Crippen molar-refractivity contribution in [2.45, 2.75) is 6.42 Å². The van der Waals surface area contributed by atoms with E-state index < -0.39 is 0 Å². The first-order valence-corrected chi connectivity index (χ1v) is 8.55. The maximum absolute atomic E-state index is 12.8. The summed E-state index contributed by atoms with van der Waals surface area (Å²) in [6, 6.07) is 10.5. The van der Waals surface area contributed by atoms with Crippen LogP contribution in [-0.2, 0) is 0 Å². The SMILES string of the molecule is O=C(c1ccc2ncoc2c1)N1CCCN(C(=O)c2ccccn2)CC1. The number of amides is 2. The fourth-order valence-corrected chi connectivity index (χ4v) is 3.15. The largest absolute Gasteiger partial charge is 0.443 e. The highest BCUT2D eigenvalue weighted by molar-refractivity contribution is 5.97. The van der Waals surface area contributed by atoms with Crippen LogP contribution < -0.4 is 0 Å². The van der Waals surface area contributed by atoms with Gasteiger partial charge in [0.25, 0.3) is 11.8 Å². The van der Waals surface area contributed by atoms with Crippen molar-refractivity contribution in [2.24, 2.45) is 0 Å². The van der Waals surface area contributed by atoms with E-state index in [0.717, 1.165) is 11.9 Å². The molecule has 0 spiro atoms. The van der Waals surface area contributed by atoms with Crippen LogP contribution in [0.1, 0.15) is 27.3 Å². The van der Waals surface area contributed by atoms with E-state index in [9.17, 15) is 9.59 Å². The van der Waals surface area contributed by atoms with E-state index in [-0.39, 0.29) is 11.8 Å². The van der Waals surface area contributed by atoms with Gasteiger partial charge in [0.2, 0.25) is 0 Å². The summed E-state index contributed by atoms with van der Waals surface area (Å²) in [5, 5.41) is 0. The van der Waals surface area contributed by atoms with Gasteiger partial charge in [0.05, 0.1) is 0 Å². The van der Waals surface area contributed by atoms with Crippen LogP contribution in [0.25, 0.3) is 11.1 Å². The molecule has 4 rings (SSSR count). The first-order chi connectivity index (χ1) is 12.7. The summed E-state index contributed by atoms with van der Waals surface area (Å²) in [5.41, 5.74) is 2.32. The molecule has 0 N–H and O–H groups in total. The smallest absolute Gasteiger partial charge is 0.272 e. The van der Waals surface area contributed by atoms with Crippen molar-refractivity contribution < 1.29 is 14.0 Å². The Morgan fingerprint density at radius 1 is 0.923 bits per heavy atom. The Labute approximate surface area is 150 Å². The molecule has 0 atom stereocenters. The summed E-state index contributed by atoms with van der Waals surface area (Å²) in [4.78, 5) is 37.1. The second-order valence-electron chi connectivity index (χ2n) is 6.19. The van der Waals surface area contributed by atoms with E-state index in [1.807, 2.05) is 0 Å². The summed E-state index contributed by atoms with van der Waals surface area (Å²) >= 11 is 0. The Morgan fingerprint density at radius 2 is 1.73 bits per heavy atom. The number of pyridine rings is 1. The predicted molar refractivity (Wildman–Crippen MR) is 94.7 cm³/mol. The number of hydrogen-bond acceptors (Lipinski definition) is 5. The molecule has 26 heavy (non-hydrogen) atoms. The molecule has 0 bridgehead atoms. The molecule has 3 aromatic rings. The van der Waals surface area contributed by atoms with Crippen LogP contribution >= 0.6 is 0 Å². The Kier molecular flexibility index (Phi) is 4.35. The number of rotatable bonds is 2. The molecule has 1 aliphatic rings. The molecule has 3 heterocycles. The van der Waals surface area contributed by atoms with Gasteiger partial charge in [-0.2, -0.15) is 0 Å². The second-order valence-corrected chi connectivity index (χ2v) is 6.19. The number of benzene rings is 1. The van der Waals surface area contributed by atoms with Gasteiger partial charge in [-0.05, 0) is 36.8 Å². The van der Waals surface area contributed by atoms with Gasteiger partial charge >= 0.3 is 0 Å². The number of fused-ring (bicyclic) bond motifs is 1. The molecule has 7 nitrogen and oxygen atoms in total. The Balaban J connectivity index is 1.46. The number of nitrogens with zero attached hydrogens (tertiary/aromatic N) is 4. The van der Waals surface area contributed by atoms with Gasteiger partial charge in [-0.25, -0.2) is 4.98 Å². The Morgan fingerprint density at radius 3 is 2.50 bits per heavy atom. The lowest BCUT2D eigenvalue weighted by atomic mass is 10.1. The van der Waals surface area contributed by atoms with Gasteiger partial charge in [0.15, 0.2) is 12.0 Å². The van der Waals surface area contributed by atoms with Gasteiger partial charge < -0.3 is 14.2 Å². The molecule has 1 aliphatic heterocycles. The molecule has 0 saturated carbocycles. The topological polar surface area (TPSA) is 79.5 Å². The highest BCUT2D eigenvalue weighted by Gasteiger charge is 2.24. The average molecular weight is 350 g/mol. The number of hydrogen-bond donors (Lipinski definition) is 0. The third-order valence-electron chi connectivity index (χ3n) is 4.53. The summed E-state index contributed by atoms with van der Waals surface area (Å²) in [5.74, 6) is -0.154. The molecule has 0 unspecified atom stereocenters. The fraction of sp³-hybridized carbons (Fsp3) is 0.263. The van der Waals surface area contributed by atoms with Crippen molar-refractivity contribution in [3.05, 3.63) is 60.2 Å². The van der Waals surface area contributed by atoms with Crippen molar-refractivity contribution in [1.29, 1.82) is 0 Å².